The molecule has 0 unspecified atom stereocenters. The van der Waals surface area contributed by atoms with E-state index in [1.165, 1.54) is 0 Å². The van der Waals surface area contributed by atoms with E-state index in [-0.39, 0.29) is 5.78 Å². The smallest absolute Gasteiger partial charge is 0.133 e. The van der Waals surface area contributed by atoms with Crippen LogP contribution in [-0.2, 0) is 4.79 Å². The number of hydrogen-bond acceptors (Lipinski definition) is 1. The number of hydrogen-bond donors (Lipinski definition) is 0. The summed E-state index contributed by atoms with van der Waals surface area (Å²) in [5, 5.41) is 0.726. The summed E-state index contributed by atoms with van der Waals surface area (Å²) in [6.45, 7) is 1.58. The summed E-state index contributed by atoms with van der Waals surface area (Å²) in [4.78, 5) is 10.6. The summed E-state index contributed by atoms with van der Waals surface area (Å²) in [5.41, 5.74) is 1.06. The first-order chi connectivity index (χ1) is 6.18. The molecule has 0 bridgehead atoms. The van der Waals surface area contributed by atoms with E-state index in [0.717, 1.165) is 10.6 Å². The highest BCUT2D eigenvalue weighted by Gasteiger charge is 1.88. The molecule has 68 valence electrons. The van der Waals surface area contributed by atoms with Crippen LogP contribution in [0, 0.1) is 0 Å². The molecule has 1 aromatic rings. The van der Waals surface area contributed by atoms with Gasteiger partial charge in [-0.3, -0.25) is 4.79 Å². The Morgan fingerprint density at radius 2 is 2.00 bits per heavy atom. The molecule has 0 N–H and O–H groups in total. The second-order valence-corrected chi connectivity index (χ2v) is 3.30. The molecule has 0 aliphatic rings. The molecule has 0 radical (unpaired) electrons. The average Bonchev–Trinajstić information content (AvgIpc) is 2.08. The van der Waals surface area contributed by atoms with E-state index in [2.05, 4.69) is 0 Å². The van der Waals surface area contributed by atoms with Crippen molar-refractivity contribution in [3.63, 3.8) is 0 Å². The topological polar surface area (TPSA) is 17.1 Å². The summed E-state index contributed by atoms with van der Waals surface area (Å²) in [5.74, 6) is 0.171. The molecule has 1 nitrogen and oxygen atoms in total. The van der Waals surface area contributed by atoms with E-state index < -0.39 is 0 Å². The molecule has 0 saturated carbocycles. The van der Waals surface area contributed by atoms with Gasteiger partial charge in [0.05, 0.1) is 0 Å². The van der Waals surface area contributed by atoms with Gasteiger partial charge in [-0.05, 0) is 24.6 Å². The predicted molar refractivity (Wildman–Crippen MR) is 55.8 cm³/mol. The van der Waals surface area contributed by atoms with Crippen LogP contribution in [0.1, 0.15) is 18.9 Å². The fraction of sp³-hybridized carbons (Fsp3) is 0.182. The largest absolute Gasteiger partial charge is 0.300 e. The quantitative estimate of drug-likeness (QED) is 0.722. The highest BCUT2D eigenvalue weighted by atomic mass is 35.5. The molecular weight excluding hydrogens is 184 g/mol. The number of benzene rings is 1. The Labute approximate surface area is 83.0 Å². The monoisotopic (exact) mass is 194 g/mol. The van der Waals surface area contributed by atoms with Gasteiger partial charge in [0.15, 0.2) is 0 Å². The Bertz CT molecular complexity index is 311. The number of halogens is 1. The minimum absolute atomic E-state index is 0.171. The van der Waals surface area contributed by atoms with Crippen molar-refractivity contribution in [2.24, 2.45) is 0 Å². The molecule has 0 aromatic heterocycles. The van der Waals surface area contributed by atoms with Crippen molar-refractivity contribution < 1.29 is 4.79 Å². The number of carbonyl (C=O) groups excluding carboxylic acids is 1. The zero-order valence-corrected chi connectivity index (χ0v) is 8.21. The number of ketones is 1. The van der Waals surface area contributed by atoms with Crippen molar-refractivity contribution >= 4 is 23.5 Å². The third kappa shape index (κ3) is 3.90. The lowest BCUT2D eigenvalue weighted by Gasteiger charge is -1.92. The van der Waals surface area contributed by atoms with Gasteiger partial charge in [0.1, 0.15) is 5.78 Å². The van der Waals surface area contributed by atoms with Crippen LogP contribution in [0.2, 0.25) is 5.02 Å². The van der Waals surface area contributed by atoms with Crippen LogP contribution in [0.25, 0.3) is 6.08 Å². The molecule has 0 aliphatic carbocycles. The summed E-state index contributed by atoms with van der Waals surface area (Å²) in [7, 11) is 0. The van der Waals surface area contributed by atoms with Gasteiger partial charge in [0.2, 0.25) is 0 Å². The van der Waals surface area contributed by atoms with Crippen LogP contribution < -0.4 is 0 Å². The number of rotatable bonds is 3. The summed E-state index contributed by atoms with van der Waals surface area (Å²) >= 11 is 5.72. The Hall–Kier alpha value is -1.08. The highest BCUT2D eigenvalue weighted by Crippen LogP contribution is 2.10. The Morgan fingerprint density at radius 1 is 1.38 bits per heavy atom. The molecule has 1 rings (SSSR count). The fourth-order valence-corrected chi connectivity index (χ4v) is 1.06. The maximum atomic E-state index is 10.6. The van der Waals surface area contributed by atoms with Crippen molar-refractivity contribution in [2.75, 3.05) is 0 Å². The molecule has 0 aliphatic heterocycles. The van der Waals surface area contributed by atoms with Crippen LogP contribution in [-0.4, -0.2) is 5.78 Å². The van der Waals surface area contributed by atoms with Gasteiger partial charge in [-0.25, -0.2) is 0 Å². The maximum Gasteiger partial charge on any atom is 0.133 e. The summed E-state index contributed by atoms with van der Waals surface area (Å²) in [6.07, 6.45) is 4.26. The normalized spacial score (nSPS) is 10.6. The maximum absolute atomic E-state index is 10.6. The first-order valence-corrected chi connectivity index (χ1v) is 4.48. The molecule has 13 heavy (non-hydrogen) atoms. The van der Waals surface area contributed by atoms with Gasteiger partial charge in [-0.15, -0.1) is 0 Å². The first-order valence-electron chi connectivity index (χ1n) is 4.10. The molecule has 0 heterocycles. The van der Waals surface area contributed by atoms with Crippen molar-refractivity contribution in [3.05, 3.63) is 40.9 Å². The molecular formula is C11H11ClO. The molecule has 0 fully saturated rings. The predicted octanol–water partition coefficient (Wildman–Crippen LogP) is 3.33. The van der Waals surface area contributed by atoms with Gasteiger partial charge in [-0.1, -0.05) is 35.9 Å². The average molecular weight is 195 g/mol. The van der Waals surface area contributed by atoms with E-state index in [9.17, 15) is 4.79 Å². The Balaban J connectivity index is 2.59. The standard InChI is InChI=1S/C11H11ClO/c1-9(13)3-2-4-10-5-7-11(12)8-6-10/h2,4-8H,3H2,1H3/b4-2+. The number of allylic oxidation sites excluding steroid dienone is 1. The van der Waals surface area contributed by atoms with E-state index in [4.69, 9.17) is 11.6 Å². The lowest BCUT2D eigenvalue weighted by atomic mass is 10.2. The molecule has 2 heteroatoms. The molecule has 0 saturated heterocycles. The van der Waals surface area contributed by atoms with Crippen molar-refractivity contribution in [2.45, 2.75) is 13.3 Å². The minimum atomic E-state index is 0.171. The molecule has 0 atom stereocenters. The van der Waals surface area contributed by atoms with Gasteiger partial charge in [0.25, 0.3) is 0 Å². The molecule has 1 aromatic carbocycles. The Morgan fingerprint density at radius 3 is 2.54 bits per heavy atom. The van der Waals surface area contributed by atoms with Gasteiger partial charge in [0, 0.05) is 11.4 Å². The van der Waals surface area contributed by atoms with Crippen LogP contribution in [0.5, 0.6) is 0 Å². The SMILES string of the molecule is CC(=O)C/C=C/c1ccc(Cl)cc1. The number of Topliss-reactive ketones (excluding diaryl/α,β-unsaturated/α-hetero) is 1. The second kappa shape index (κ2) is 4.83. The van der Waals surface area contributed by atoms with Crippen LogP contribution in [0.4, 0.5) is 0 Å². The van der Waals surface area contributed by atoms with Crippen molar-refractivity contribution in [1.29, 1.82) is 0 Å². The zero-order chi connectivity index (χ0) is 9.68. The lowest BCUT2D eigenvalue weighted by molar-refractivity contribution is -0.116. The molecule has 0 amide bonds. The third-order valence-corrected chi connectivity index (χ3v) is 1.84. The van der Waals surface area contributed by atoms with Crippen molar-refractivity contribution in [1.82, 2.24) is 0 Å². The lowest BCUT2D eigenvalue weighted by Crippen LogP contribution is -1.83. The van der Waals surface area contributed by atoms with E-state index in [0.29, 0.717) is 6.42 Å². The van der Waals surface area contributed by atoms with Crippen LogP contribution >= 0.6 is 11.6 Å². The summed E-state index contributed by atoms with van der Waals surface area (Å²) in [6, 6.07) is 7.49. The van der Waals surface area contributed by atoms with E-state index in [1.54, 1.807) is 6.92 Å². The van der Waals surface area contributed by atoms with Gasteiger partial charge < -0.3 is 0 Å². The van der Waals surface area contributed by atoms with Crippen molar-refractivity contribution in [3.8, 4) is 0 Å². The minimum Gasteiger partial charge on any atom is -0.300 e. The Kier molecular flexibility index (Phi) is 3.71. The zero-order valence-electron chi connectivity index (χ0n) is 7.46. The summed E-state index contributed by atoms with van der Waals surface area (Å²) < 4.78 is 0. The van der Waals surface area contributed by atoms with Crippen LogP contribution in [0.15, 0.2) is 30.3 Å². The van der Waals surface area contributed by atoms with Gasteiger partial charge in [-0.2, -0.15) is 0 Å². The number of carbonyl (C=O) groups is 1. The third-order valence-electron chi connectivity index (χ3n) is 1.59. The van der Waals surface area contributed by atoms with Gasteiger partial charge >= 0.3 is 0 Å². The first kappa shape index (κ1) is 10.0. The molecule has 0 spiro atoms. The highest BCUT2D eigenvalue weighted by molar-refractivity contribution is 6.30. The second-order valence-electron chi connectivity index (χ2n) is 2.86. The van der Waals surface area contributed by atoms with E-state index in [1.807, 2.05) is 36.4 Å². The van der Waals surface area contributed by atoms with Crippen LogP contribution in [0.3, 0.4) is 0 Å². The van der Waals surface area contributed by atoms with E-state index >= 15 is 0 Å². The fourth-order valence-electron chi connectivity index (χ4n) is 0.935.